The highest BCUT2D eigenvalue weighted by Crippen LogP contribution is 2.26. The molecule has 0 saturated carbocycles. The van der Waals surface area contributed by atoms with Gasteiger partial charge in [-0.15, -0.1) is 0 Å². The third-order valence-corrected chi connectivity index (χ3v) is 5.63. The van der Waals surface area contributed by atoms with E-state index in [0.717, 1.165) is 5.56 Å². The Morgan fingerprint density at radius 3 is 2.49 bits per heavy atom. The van der Waals surface area contributed by atoms with E-state index in [9.17, 15) is 24.3 Å². The van der Waals surface area contributed by atoms with Gasteiger partial charge in [0.25, 0.3) is 0 Å². The Kier molecular flexibility index (Phi) is 9.57. The number of rotatable bonds is 11. The van der Waals surface area contributed by atoms with Crippen molar-refractivity contribution in [3.05, 3.63) is 65.3 Å². The first-order valence-corrected chi connectivity index (χ1v) is 11.9. The molecule has 0 saturated heterocycles. The molecule has 1 heterocycles. The zero-order valence-corrected chi connectivity index (χ0v) is 22.0. The van der Waals surface area contributed by atoms with Crippen LogP contribution in [0, 0.1) is 6.92 Å². The molecule has 0 fully saturated rings. The van der Waals surface area contributed by atoms with E-state index in [2.05, 4.69) is 26.1 Å². The number of nitrogens with one attached hydrogen (secondary N) is 3. The summed E-state index contributed by atoms with van der Waals surface area (Å²) in [6, 6.07) is 10.8. The maximum atomic E-state index is 12.8. The van der Waals surface area contributed by atoms with Gasteiger partial charge in [-0.3, -0.25) is 9.59 Å². The van der Waals surface area contributed by atoms with Crippen LogP contribution in [0.3, 0.4) is 0 Å². The lowest BCUT2D eigenvalue weighted by atomic mass is 10.1. The molecule has 0 aliphatic heterocycles. The van der Waals surface area contributed by atoms with Gasteiger partial charge in [-0.2, -0.15) is 4.98 Å². The number of anilines is 2. The number of hydrogen-bond acceptors (Lipinski definition) is 8. The number of para-hydroxylation sites is 1. The minimum absolute atomic E-state index is 0.0197. The summed E-state index contributed by atoms with van der Waals surface area (Å²) >= 11 is 0. The summed E-state index contributed by atoms with van der Waals surface area (Å²) in [5, 5.41) is 20.8. The molecular formula is C26H30N6O7. The first-order chi connectivity index (χ1) is 18.5. The third-order valence-electron chi connectivity index (χ3n) is 5.63. The van der Waals surface area contributed by atoms with E-state index in [1.54, 1.807) is 31.3 Å². The molecule has 4 amide bonds. The Hall–Kier alpha value is -4.94. The van der Waals surface area contributed by atoms with Crippen molar-refractivity contribution in [2.45, 2.75) is 39.3 Å². The summed E-state index contributed by atoms with van der Waals surface area (Å²) in [5.41, 5.74) is 2.69. The fraction of sp³-hybridized carbons (Fsp3) is 0.308. The highest BCUT2D eigenvalue weighted by molar-refractivity contribution is 6.01. The summed E-state index contributed by atoms with van der Waals surface area (Å²) in [7, 11) is 3.03. The summed E-state index contributed by atoms with van der Waals surface area (Å²) in [4.78, 5) is 53.3. The number of carboxylic acids is 1. The highest BCUT2D eigenvalue weighted by atomic mass is 16.5. The topological polar surface area (TPSA) is 176 Å². The lowest BCUT2D eigenvalue weighted by Crippen LogP contribution is -2.41. The number of aryl methyl sites for hydroxylation is 1. The van der Waals surface area contributed by atoms with Crippen LogP contribution in [0.2, 0.25) is 0 Å². The molecule has 13 nitrogen and oxygen atoms in total. The average molecular weight is 539 g/mol. The first kappa shape index (κ1) is 28.6. The number of urea groups is 1. The van der Waals surface area contributed by atoms with E-state index in [0.29, 0.717) is 22.7 Å². The minimum Gasteiger partial charge on any atom is -0.495 e. The molecule has 0 aliphatic carbocycles. The van der Waals surface area contributed by atoms with Crippen LogP contribution >= 0.6 is 0 Å². The molecule has 0 bridgehead atoms. The number of nitrogens with zero attached hydrogens (tertiary/aromatic N) is 3. The van der Waals surface area contributed by atoms with Crippen LogP contribution in [0.1, 0.15) is 29.8 Å². The number of carbonyl (C=O) groups is 4. The maximum Gasteiger partial charge on any atom is 0.326 e. The monoisotopic (exact) mass is 538 g/mol. The maximum absolute atomic E-state index is 12.8. The van der Waals surface area contributed by atoms with Gasteiger partial charge < -0.3 is 35.2 Å². The molecule has 3 rings (SSSR count). The van der Waals surface area contributed by atoms with Crippen molar-refractivity contribution in [1.82, 2.24) is 20.4 Å². The number of aromatic nitrogens is 2. The number of benzene rings is 2. The molecule has 2 aromatic carbocycles. The lowest BCUT2D eigenvalue weighted by Gasteiger charge is -2.16. The number of ether oxygens (including phenoxy) is 1. The second kappa shape index (κ2) is 13.0. The van der Waals surface area contributed by atoms with Crippen molar-refractivity contribution < 1.29 is 33.5 Å². The molecule has 39 heavy (non-hydrogen) atoms. The van der Waals surface area contributed by atoms with Crippen LogP contribution in [0.4, 0.5) is 16.2 Å². The summed E-state index contributed by atoms with van der Waals surface area (Å²) in [6.45, 7) is 3.12. The number of methoxy groups -OCH3 is 1. The van der Waals surface area contributed by atoms with Crippen LogP contribution in [-0.4, -0.2) is 64.2 Å². The van der Waals surface area contributed by atoms with Crippen LogP contribution < -0.4 is 20.7 Å². The van der Waals surface area contributed by atoms with Crippen molar-refractivity contribution in [1.29, 1.82) is 0 Å². The number of carbonyl (C=O) groups excluding carboxylic acids is 3. The van der Waals surface area contributed by atoms with Gasteiger partial charge in [0.2, 0.25) is 17.7 Å². The van der Waals surface area contributed by atoms with E-state index in [-0.39, 0.29) is 37.0 Å². The van der Waals surface area contributed by atoms with Gasteiger partial charge in [-0.1, -0.05) is 29.4 Å². The van der Waals surface area contributed by atoms with Crippen molar-refractivity contribution >= 4 is 35.2 Å². The highest BCUT2D eigenvalue weighted by Gasteiger charge is 2.23. The van der Waals surface area contributed by atoms with E-state index in [4.69, 9.17) is 9.26 Å². The molecule has 1 aromatic heterocycles. The molecule has 1 unspecified atom stereocenters. The zero-order valence-electron chi connectivity index (χ0n) is 22.0. The molecule has 206 valence electrons. The SMILES string of the molecule is COc1cc(CC(=O)N(C)Cc2noc(CC(NC(C)=O)C(=O)O)n2)ccc1NC(=O)Nc1ccccc1C. The fourth-order valence-electron chi connectivity index (χ4n) is 3.61. The van der Waals surface area contributed by atoms with Crippen LogP contribution in [0.25, 0.3) is 0 Å². The molecular weight excluding hydrogens is 508 g/mol. The van der Waals surface area contributed by atoms with Gasteiger partial charge in [-0.05, 0) is 36.2 Å². The second-order valence-corrected chi connectivity index (χ2v) is 8.76. The van der Waals surface area contributed by atoms with Crippen LogP contribution in [0.15, 0.2) is 47.0 Å². The van der Waals surface area contributed by atoms with Gasteiger partial charge in [0.15, 0.2) is 5.82 Å². The second-order valence-electron chi connectivity index (χ2n) is 8.76. The quantitative estimate of drug-likeness (QED) is 0.285. The number of carboxylic acid groups (broad SMARTS) is 1. The van der Waals surface area contributed by atoms with E-state index >= 15 is 0 Å². The summed E-state index contributed by atoms with van der Waals surface area (Å²) < 4.78 is 10.5. The van der Waals surface area contributed by atoms with E-state index in [1.165, 1.54) is 18.9 Å². The van der Waals surface area contributed by atoms with Crippen LogP contribution in [-0.2, 0) is 33.8 Å². The van der Waals surface area contributed by atoms with Crippen LogP contribution in [0.5, 0.6) is 5.75 Å². The Balaban J connectivity index is 1.58. The predicted molar refractivity (Wildman–Crippen MR) is 140 cm³/mol. The number of aliphatic carboxylic acids is 1. The van der Waals surface area contributed by atoms with E-state index < -0.39 is 23.9 Å². The molecule has 13 heteroatoms. The summed E-state index contributed by atoms with van der Waals surface area (Å²) in [6.07, 6.45) is -0.153. The number of likely N-dealkylation sites (N-methyl/N-ethyl adjacent to an activating group) is 1. The molecule has 0 radical (unpaired) electrons. The van der Waals surface area contributed by atoms with Crippen molar-refractivity contribution in [2.24, 2.45) is 0 Å². The van der Waals surface area contributed by atoms with Gasteiger partial charge in [0.05, 0.1) is 32.2 Å². The largest absolute Gasteiger partial charge is 0.495 e. The molecule has 0 spiro atoms. The smallest absolute Gasteiger partial charge is 0.326 e. The predicted octanol–water partition coefficient (Wildman–Crippen LogP) is 2.36. The van der Waals surface area contributed by atoms with Crippen molar-refractivity contribution in [2.75, 3.05) is 24.8 Å². The Morgan fingerprint density at radius 2 is 1.82 bits per heavy atom. The Morgan fingerprint density at radius 1 is 1.10 bits per heavy atom. The van der Waals surface area contributed by atoms with Gasteiger partial charge in [0.1, 0.15) is 11.8 Å². The molecule has 0 aliphatic rings. The average Bonchev–Trinajstić information content (AvgIpc) is 3.32. The van der Waals surface area contributed by atoms with Gasteiger partial charge in [-0.25, -0.2) is 9.59 Å². The van der Waals surface area contributed by atoms with Crippen molar-refractivity contribution in [3.63, 3.8) is 0 Å². The minimum atomic E-state index is -1.24. The van der Waals surface area contributed by atoms with Crippen molar-refractivity contribution in [3.8, 4) is 5.75 Å². The zero-order chi connectivity index (χ0) is 28.5. The lowest BCUT2D eigenvalue weighted by molar-refractivity contribution is -0.141. The normalized spacial score (nSPS) is 11.3. The molecule has 1 atom stereocenters. The Labute approximate surface area is 224 Å². The van der Waals surface area contributed by atoms with E-state index in [1.807, 2.05) is 25.1 Å². The standard InChI is InChI=1S/C26H30N6O7/c1-15-7-5-6-8-18(15)28-26(37)29-19-10-9-17(11-21(19)38-4)12-24(34)32(3)14-22-30-23(39-31-22)13-20(25(35)36)27-16(2)33/h5-11,20H,12-14H2,1-4H3,(H,27,33)(H,35,36)(H2,28,29,37). The third kappa shape index (κ3) is 8.28. The van der Waals surface area contributed by atoms with Gasteiger partial charge in [0, 0.05) is 19.7 Å². The Bertz CT molecular complexity index is 1360. The number of hydrogen-bond donors (Lipinski definition) is 4. The number of amides is 4. The molecule has 3 aromatic rings. The molecule has 4 N–H and O–H groups in total. The van der Waals surface area contributed by atoms with Gasteiger partial charge >= 0.3 is 12.0 Å². The fourth-order valence-corrected chi connectivity index (χ4v) is 3.61. The summed E-state index contributed by atoms with van der Waals surface area (Å²) in [5.74, 6) is -1.39. The first-order valence-electron chi connectivity index (χ1n) is 11.9.